The van der Waals surface area contributed by atoms with Crippen LogP contribution in [0.4, 0.5) is 0 Å². The van der Waals surface area contributed by atoms with Gasteiger partial charge >= 0.3 is 0 Å². The van der Waals surface area contributed by atoms with Crippen LogP contribution in [0, 0.1) is 0 Å². The lowest BCUT2D eigenvalue weighted by molar-refractivity contribution is 1.22. The summed E-state index contributed by atoms with van der Waals surface area (Å²) in [5.74, 6) is 0. The molecule has 0 N–H and O–H groups in total. The lowest BCUT2D eigenvalue weighted by Crippen LogP contribution is -1.91. The molecule has 0 bridgehead atoms. The highest BCUT2D eigenvalue weighted by molar-refractivity contribution is 9.10. The summed E-state index contributed by atoms with van der Waals surface area (Å²) >= 11 is 3.50. The first-order chi connectivity index (χ1) is 10.8. The van der Waals surface area contributed by atoms with Crippen LogP contribution in [0.5, 0.6) is 0 Å². The van der Waals surface area contributed by atoms with E-state index < -0.39 is 0 Å². The molecule has 0 aromatic heterocycles. The molecule has 0 fully saturated rings. The molecule has 1 heteroatoms. The van der Waals surface area contributed by atoms with Gasteiger partial charge < -0.3 is 0 Å². The van der Waals surface area contributed by atoms with Gasteiger partial charge in [0, 0.05) is 4.47 Å². The van der Waals surface area contributed by atoms with Gasteiger partial charge in [-0.25, -0.2) is 0 Å². The highest BCUT2D eigenvalue weighted by atomic mass is 79.9. The van der Waals surface area contributed by atoms with E-state index in [1.807, 2.05) is 0 Å². The second-order valence-corrected chi connectivity index (χ2v) is 6.52. The summed E-state index contributed by atoms with van der Waals surface area (Å²) in [7, 11) is 0. The molecule has 0 nitrogen and oxygen atoms in total. The number of halogens is 1. The third kappa shape index (κ3) is 2.42. The van der Waals surface area contributed by atoms with E-state index in [-0.39, 0.29) is 0 Å². The van der Waals surface area contributed by atoms with Crippen LogP contribution < -0.4 is 0 Å². The first-order valence-electron chi connectivity index (χ1n) is 7.45. The second kappa shape index (κ2) is 5.58. The Bertz CT molecular complexity index is 952. The van der Waals surface area contributed by atoms with Crippen LogP contribution in [-0.4, -0.2) is 0 Å². The Morgan fingerprint density at radius 1 is 0.636 bits per heavy atom. The van der Waals surface area contributed by atoms with Crippen molar-refractivity contribution in [3.63, 3.8) is 0 Å². The fourth-order valence-electron chi connectivity index (χ4n) is 3.10. The normalized spacial score (nSPS) is 11.1. The average Bonchev–Trinajstić information content (AvgIpc) is 2.57. The van der Waals surface area contributed by atoms with Gasteiger partial charge in [0.15, 0.2) is 0 Å². The van der Waals surface area contributed by atoms with Gasteiger partial charge in [0.2, 0.25) is 0 Å². The van der Waals surface area contributed by atoms with Gasteiger partial charge in [0.25, 0.3) is 0 Å². The second-order valence-electron chi connectivity index (χ2n) is 5.61. The van der Waals surface area contributed by atoms with E-state index in [0.717, 1.165) is 10.9 Å². The van der Waals surface area contributed by atoms with Crippen molar-refractivity contribution in [3.05, 3.63) is 94.5 Å². The van der Waals surface area contributed by atoms with Crippen molar-refractivity contribution >= 4 is 37.5 Å². The Labute approximate surface area is 138 Å². The zero-order chi connectivity index (χ0) is 14.9. The quantitative estimate of drug-likeness (QED) is 0.371. The lowest BCUT2D eigenvalue weighted by Gasteiger charge is -2.11. The summed E-state index contributed by atoms with van der Waals surface area (Å²) in [4.78, 5) is 0. The Morgan fingerprint density at radius 2 is 1.27 bits per heavy atom. The molecule has 0 aliphatic carbocycles. The summed E-state index contributed by atoms with van der Waals surface area (Å²) < 4.78 is 1.12. The van der Waals surface area contributed by atoms with Gasteiger partial charge in [-0.05, 0) is 51.2 Å². The standard InChI is InChI=1S/C21H15Br/c22-18-11-9-15(10-12-18)13-17-14-16-5-1-2-6-19(16)21-8-4-3-7-20(17)21/h1-12,14H,13H2. The van der Waals surface area contributed by atoms with Crippen molar-refractivity contribution in [1.29, 1.82) is 0 Å². The maximum Gasteiger partial charge on any atom is 0.0175 e. The molecule has 106 valence electrons. The van der Waals surface area contributed by atoms with Gasteiger partial charge in [-0.15, -0.1) is 0 Å². The highest BCUT2D eigenvalue weighted by Gasteiger charge is 2.06. The van der Waals surface area contributed by atoms with Gasteiger partial charge in [0.05, 0.1) is 0 Å². The summed E-state index contributed by atoms with van der Waals surface area (Å²) in [6, 6.07) is 28.3. The molecule has 22 heavy (non-hydrogen) atoms. The Balaban J connectivity index is 1.93. The first kappa shape index (κ1) is 13.5. The summed E-state index contributed by atoms with van der Waals surface area (Å²) in [5, 5.41) is 5.34. The van der Waals surface area contributed by atoms with Crippen molar-refractivity contribution in [2.24, 2.45) is 0 Å². The molecule has 0 amide bonds. The van der Waals surface area contributed by atoms with Gasteiger partial charge in [-0.3, -0.25) is 0 Å². The smallest absolute Gasteiger partial charge is 0.0175 e. The largest absolute Gasteiger partial charge is 0.0616 e. The molecular weight excluding hydrogens is 332 g/mol. The minimum Gasteiger partial charge on any atom is -0.0616 e. The van der Waals surface area contributed by atoms with E-state index in [2.05, 4.69) is 94.8 Å². The number of fused-ring (bicyclic) bond motifs is 3. The van der Waals surface area contributed by atoms with E-state index >= 15 is 0 Å². The Hall–Kier alpha value is -2.12. The van der Waals surface area contributed by atoms with Crippen molar-refractivity contribution in [3.8, 4) is 0 Å². The molecule has 4 aromatic carbocycles. The summed E-state index contributed by atoms with van der Waals surface area (Å²) in [5.41, 5.74) is 2.72. The van der Waals surface area contributed by atoms with Crippen LogP contribution in [0.2, 0.25) is 0 Å². The summed E-state index contributed by atoms with van der Waals surface area (Å²) in [6.45, 7) is 0. The molecular formula is C21H15Br. The number of hydrogen-bond acceptors (Lipinski definition) is 0. The van der Waals surface area contributed by atoms with Gasteiger partial charge in [-0.1, -0.05) is 82.7 Å². The van der Waals surface area contributed by atoms with Crippen molar-refractivity contribution in [2.75, 3.05) is 0 Å². The lowest BCUT2D eigenvalue weighted by atomic mass is 9.94. The Kier molecular flexibility index (Phi) is 3.44. The molecule has 0 atom stereocenters. The molecule has 0 saturated heterocycles. The molecule has 4 aromatic rings. The predicted molar refractivity (Wildman–Crippen MR) is 98.4 cm³/mol. The fraction of sp³-hybridized carbons (Fsp3) is 0.0476. The third-order valence-corrected chi connectivity index (χ3v) is 4.69. The van der Waals surface area contributed by atoms with Crippen LogP contribution in [0.15, 0.2) is 83.3 Å². The minimum atomic E-state index is 0.957. The van der Waals surface area contributed by atoms with Gasteiger partial charge in [0.1, 0.15) is 0 Å². The van der Waals surface area contributed by atoms with Crippen LogP contribution in [0.3, 0.4) is 0 Å². The minimum absolute atomic E-state index is 0.957. The molecule has 0 unspecified atom stereocenters. The fourth-order valence-corrected chi connectivity index (χ4v) is 3.36. The predicted octanol–water partition coefficient (Wildman–Crippen LogP) is 6.35. The molecule has 0 saturated carbocycles. The third-order valence-electron chi connectivity index (χ3n) is 4.16. The topological polar surface area (TPSA) is 0 Å². The van der Waals surface area contributed by atoms with E-state index in [1.54, 1.807) is 0 Å². The number of benzene rings is 4. The molecule has 0 aliphatic rings. The molecule has 0 spiro atoms. The van der Waals surface area contributed by atoms with Crippen LogP contribution in [-0.2, 0) is 6.42 Å². The first-order valence-corrected chi connectivity index (χ1v) is 8.24. The van der Waals surface area contributed by atoms with E-state index in [4.69, 9.17) is 0 Å². The molecule has 0 heterocycles. The zero-order valence-corrected chi connectivity index (χ0v) is 13.7. The summed E-state index contributed by atoms with van der Waals surface area (Å²) in [6.07, 6.45) is 0.957. The monoisotopic (exact) mass is 346 g/mol. The van der Waals surface area contributed by atoms with Gasteiger partial charge in [-0.2, -0.15) is 0 Å². The average molecular weight is 347 g/mol. The number of rotatable bonds is 2. The van der Waals surface area contributed by atoms with Crippen molar-refractivity contribution in [2.45, 2.75) is 6.42 Å². The van der Waals surface area contributed by atoms with E-state index in [0.29, 0.717) is 0 Å². The van der Waals surface area contributed by atoms with E-state index in [1.165, 1.54) is 32.7 Å². The maximum absolute atomic E-state index is 3.50. The van der Waals surface area contributed by atoms with Crippen LogP contribution in [0.25, 0.3) is 21.5 Å². The van der Waals surface area contributed by atoms with Crippen molar-refractivity contribution in [1.82, 2.24) is 0 Å². The zero-order valence-electron chi connectivity index (χ0n) is 12.1. The van der Waals surface area contributed by atoms with E-state index in [9.17, 15) is 0 Å². The molecule has 0 radical (unpaired) electrons. The van der Waals surface area contributed by atoms with Crippen LogP contribution in [0.1, 0.15) is 11.1 Å². The van der Waals surface area contributed by atoms with Crippen LogP contribution >= 0.6 is 15.9 Å². The molecule has 4 rings (SSSR count). The number of hydrogen-bond donors (Lipinski definition) is 0. The van der Waals surface area contributed by atoms with Crippen molar-refractivity contribution < 1.29 is 0 Å². The highest BCUT2D eigenvalue weighted by Crippen LogP contribution is 2.30. The SMILES string of the molecule is Brc1ccc(Cc2cc3ccccc3c3ccccc23)cc1. The Morgan fingerprint density at radius 3 is 2.05 bits per heavy atom. The maximum atomic E-state index is 3.50. The molecule has 0 aliphatic heterocycles.